The zero-order chi connectivity index (χ0) is 11.7. The van der Waals surface area contributed by atoms with Gasteiger partial charge in [0.25, 0.3) is 0 Å². The number of carbonyl (C=O) groups excluding carboxylic acids is 1. The maximum Gasteiger partial charge on any atom is 0.211 e. The van der Waals surface area contributed by atoms with Crippen molar-refractivity contribution in [1.29, 1.82) is 0 Å². The van der Waals surface area contributed by atoms with Crippen LogP contribution in [0.5, 0.6) is 0 Å². The fraction of sp³-hybridized carbons (Fsp3) is 0.0909. The molecule has 5 heteroatoms. The third-order valence-corrected chi connectivity index (χ3v) is 2.52. The van der Waals surface area contributed by atoms with E-state index >= 15 is 0 Å². The fourth-order valence-electron chi connectivity index (χ4n) is 1.36. The Labute approximate surface area is 96.5 Å². The first-order valence-corrected chi connectivity index (χ1v) is 4.93. The lowest BCUT2D eigenvalue weighted by atomic mass is 10.1. The Bertz CT molecular complexity index is 551. The SMILES string of the molecule is Cn1cncc1C(=O)c1ccc(F)c(Cl)c1. The van der Waals surface area contributed by atoms with Crippen molar-refractivity contribution in [3.63, 3.8) is 0 Å². The van der Waals surface area contributed by atoms with Gasteiger partial charge in [-0.15, -0.1) is 0 Å². The molecule has 0 aliphatic carbocycles. The van der Waals surface area contributed by atoms with Crippen molar-refractivity contribution in [2.75, 3.05) is 0 Å². The fourth-order valence-corrected chi connectivity index (χ4v) is 1.54. The van der Waals surface area contributed by atoms with Crippen molar-refractivity contribution in [3.05, 3.63) is 52.8 Å². The number of aryl methyl sites for hydroxylation is 1. The molecule has 82 valence electrons. The second kappa shape index (κ2) is 4.06. The summed E-state index contributed by atoms with van der Waals surface area (Å²) in [4.78, 5) is 15.8. The van der Waals surface area contributed by atoms with E-state index in [-0.39, 0.29) is 10.8 Å². The molecule has 1 aromatic carbocycles. The Balaban J connectivity index is 2.42. The molecule has 0 radical (unpaired) electrons. The lowest BCUT2D eigenvalue weighted by molar-refractivity contribution is 0.103. The van der Waals surface area contributed by atoms with Crippen molar-refractivity contribution in [2.24, 2.45) is 7.05 Å². The van der Waals surface area contributed by atoms with E-state index in [0.29, 0.717) is 11.3 Å². The quantitative estimate of drug-likeness (QED) is 0.754. The van der Waals surface area contributed by atoms with Crippen molar-refractivity contribution in [3.8, 4) is 0 Å². The summed E-state index contributed by atoms with van der Waals surface area (Å²) in [7, 11) is 1.71. The van der Waals surface area contributed by atoms with Crippen LogP contribution < -0.4 is 0 Å². The molecule has 16 heavy (non-hydrogen) atoms. The molecular formula is C11H8ClFN2O. The molecule has 0 aliphatic heterocycles. The van der Waals surface area contributed by atoms with Crippen LogP contribution in [0.4, 0.5) is 4.39 Å². The van der Waals surface area contributed by atoms with Crippen LogP contribution in [0, 0.1) is 5.82 Å². The van der Waals surface area contributed by atoms with Crippen LogP contribution in [0.1, 0.15) is 16.1 Å². The minimum absolute atomic E-state index is 0.0620. The summed E-state index contributed by atoms with van der Waals surface area (Å²) < 4.78 is 14.5. The number of nitrogens with zero attached hydrogens (tertiary/aromatic N) is 2. The largest absolute Gasteiger partial charge is 0.331 e. The van der Waals surface area contributed by atoms with Crippen molar-refractivity contribution in [2.45, 2.75) is 0 Å². The molecule has 3 nitrogen and oxygen atoms in total. The molecule has 0 unspecified atom stereocenters. The minimum atomic E-state index is -0.539. The van der Waals surface area contributed by atoms with Gasteiger partial charge in [-0.05, 0) is 18.2 Å². The number of hydrogen-bond acceptors (Lipinski definition) is 2. The van der Waals surface area contributed by atoms with E-state index in [0.717, 1.165) is 0 Å². The van der Waals surface area contributed by atoms with Crippen LogP contribution in [-0.2, 0) is 7.05 Å². The number of hydrogen-bond donors (Lipinski definition) is 0. The number of rotatable bonds is 2. The van der Waals surface area contributed by atoms with E-state index in [9.17, 15) is 9.18 Å². The first-order valence-electron chi connectivity index (χ1n) is 4.55. The van der Waals surface area contributed by atoms with Gasteiger partial charge in [0.15, 0.2) is 0 Å². The molecule has 0 amide bonds. The van der Waals surface area contributed by atoms with E-state index in [1.807, 2.05) is 0 Å². The molecule has 1 aromatic heterocycles. The Hall–Kier alpha value is -1.68. The monoisotopic (exact) mass is 238 g/mol. The van der Waals surface area contributed by atoms with Crippen LogP contribution in [0.25, 0.3) is 0 Å². The molecule has 2 aromatic rings. The number of imidazole rings is 1. The Kier molecular flexibility index (Phi) is 2.75. The van der Waals surface area contributed by atoms with E-state index in [2.05, 4.69) is 4.98 Å². The van der Waals surface area contributed by atoms with Crippen LogP contribution in [-0.4, -0.2) is 15.3 Å². The normalized spacial score (nSPS) is 10.4. The Morgan fingerprint density at radius 1 is 1.50 bits per heavy atom. The van der Waals surface area contributed by atoms with E-state index < -0.39 is 5.82 Å². The summed E-state index contributed by atoms with van der Waals surface area (Å²) in [5.74, 6) is -0.773. The number of aromatic nitrogens is 2. The van der Waals surface area contributed by atoms with Crippen LogP contribution in [0.3, 0.4) is 0 Å². The third-order valence-electron chi connectivity index (χ3n) is 2.23. The van der Waals surface area contributed by atoms with Gasteiger partial charge in [0, 0.05) is 12.6 Å². The maximum atomic E-state index is 12.9. The van der Waals surface area contributed by atoms with Crippen LogP contribution in [0.2, 0.25) is 5.02 Å². The van der Waals surface area contributed by atoms with Crippen molar-refractivity contribution < 1.29 is 9.18 Å². The molecule has 2 rings (SSSR count). The molecule has 0 bridgehead atoms. The number of halogens is 2. The molecule has 0 fully saturated rings. The zero-order valence-corrected chi connectivity index (χ0v) is 9.20. The zero-order valence-electron chi connectivity index (χ0n) is 8.45. The highest BCUT2D eigenvalue weighted by Gasteiger charge is 2.13. The molecular weight excluding hydrogens is 231 g/mol. The minimum Gasteiger partial charge on any atom is -0.331 e. The van der Waals surface area contributed by atoms with Gasteiger partial charge in [0.05, 0.1) is 17.5 Å². The van der Waals surface area contributed by atoms with Gasteiger partial charge in [-0.1, -0.05) is 11.6 Å². The smallest absolute Gasteiger partial charge is 0.211 e. The van der Waals surface area contributed by atoms with Crippen molar-refractivity contribution >= 4 is 17.4 Å². The number of benzene rings is 1. The average Bonchev–Trinajstić information content (AvgIpc) is 2.67. The molecule has 0 saturated heterocycles. The molecule has 1 heterocycles. The lowest BCUT2D eigenvalue weighted by Crippen LogP contribution is -2.06. The standard InChI is InChI=1S/C11H8ClFN2O/c1-15-6-14-5-10(15)11(16)7-2-3-9(13)8(12)4-7/h2-6H,1H3. The highest BCUT2D eigenvalue weighted by Crippen LogP contribution is 2.18. The van der Waals surface area contributed by atoms with Gasteiger partial charge in [-0.25, -0.2) is 9.37 Å². The van der Waals surface area contributed by atoms with Gasteiger partial charge in [0.2, 0.25) is 5.78 Å². The van der Waals surface area contributed by atoms with E-state index in [1.54, 1.807) is 11.6 Å². The van der Waals surface area contributed by atoms with Crippen LogP contribution in [0.15, 0.2) is 30.7 Å². The summed E-state index contributed by atoms with van der Waals surface area (Å²) in [6.45, 7) is 0. The van der Waals surface area contributed by atoms with Gasteiger partial charge < -0.3 is 4.57 Å². The summed E-state index contributed by atoms with van der Waals surface area (Å²) >= 11 is 5.61. The summed E-state index contributed by atoms with van der Waals surface area (Å²) in [5.41, 5.74) is 0.776. The molecule has 0 spiro atoms. The molecule has 0 aliphatic rings. The predicted octanol–water partition coefficient (Wildman–Crippen LogP) is 2.44. The van der Waals surface area contributed by atoms with Gasteiger partial charge in [-0.2, -0.15) is 0 Å². The first-order chi connectivity index (χ1) is 7.59. The number of ketones is 1. The molecule has 0 saturated carbocycles. The predicted molar refractivity (Wildman–Crippen MR) is 58.1 cm³/mol. The van der Waals surface area contributed by atoms with Gasteiger partial charge >= 0.3 is 0 Å². The van der Waals surface area contributed by atoms with E-state index in [1.165, 1.54) is 30.7 Å². The van der Waals surface area contributed by atoms with Crippen molar-refractivity contribution in [1.82, 2.24) is 9.55 Å². The Morgan fingerprint density at radius 3 is 2.81 bits per heavy atom. The van der Waals surface area contributed by atoms with Crippen LogP contribution >= 0.6 is 11.6 Å². The first kappa shape index (κ1) is 10.8. The maximum absolute atomic E-state index is 12.9. The summed E-state index contributed by atoms with van der Waals surface area (Å²) in [6, 6.07) is 3.88. The third kappa shape index (κ3) is 1.84. The second-order valence-electron chi connectivity index (χ2n) is 3.35. The summed E-state index contributed by atoms with van der Waals surface area (Å²) in [6.07, 6.45) is 2.98. The molecule has 0 N–H and O–H groups in total. The highest BCUT2D eigenvalue weighted by molar-refractivity contribution is 6.31. The summed E-state index contributed by atoms with van der Waals surface area (Å²) in [5, 5.41) is -0.0620. The second-order valence-corrected chi connectivity index (χ2v) is 3.75. The average molecular weight is 239 g/mol. The van der Waals surface area contributed by atoms with Gasteiger partial charge in [-0.3, -0.25) is 4.79 Å². The molecule has 0 atom stereocenters. The van der Waals surface area contributed by atoms with E-state index in [4.69, 9.17) is 11.6 Å². The topological polar surface area (TPSA) is 34.9 Å². The highest BCUT2D eigenvalue weighted by atomic mass is 35.5. The van der Waals surface area contributed by atoms with Gasteiger partial charge in [0.1, 0.15) is 11.5 Å². The number of carbonyl (C=O) groups is 1. The lowest BCUT2D eigenvalue weighted by Gasteiger charge is -2.02. The Morgan fingerprint density at radius 2 is 2.25 bits per heavy atom.